The number of halogens is 4. The Hall–Kier alpha value is -2.61. The Bertz CT molecular complexity index is 846. The summed E-state index contributed by atoms with van der Waals surface area (Å²) in [5.74, 6) is -0.384. The Balaban J connectivity index is 1.47. The van der Waals surface area contributed by atoms with Crippen molar-refractivity contribution in [3.05, 3.63) is 65.5 Å². The summed E-state index contributed by atoms with van der Waals surface area (Å²) >= 11 is 0. The van der Waals surface area contributed by atoms with Gasteiger partial charge in [0.1, 0.15) is 5.82 Å². The number of nitrogens with zero attached hydrogens (tertiary/aromatic N) is 2. The Morgan fingerprint density at radius 1 is 1.07 bits per heavy atom. The van der Waals surface area contributed by atoms with Crippen molar-refractivity contribution >= 4 is 11.6 Å². The Morgan fingerprint density at radius 2 is 1.73 bits per heavy atom. The van der Waals surface area contributed by atoms with E-state index in [1.165, 1.54) is 24.3 Å². The lowest BCUT2D eigenvalue weighted by Gasteiger charge is -2.38. The van der Waals surface area contributed by atoms with Gasteiger partial charge in [0.2, 0.25) is 5.91 Å². The monoisotopic (exact) mass is 423 g/mol. The predicted octanol–water partition coefficient (Wildman–Crippen LogP) is 3.71. The third kappa shape index (κ3) is 5.72. The minimum atomic E-state index is -4.36. The van der Waals surface area contributed by atoms with Crippen LogP contribution >= 0.6 is 0 Å². The zero-order valence-electron chi connectivity index (χ0n) is 16.8. The molecule has 1 aliphatic rings. The van der Waals surface area contributed by atoms with Gasteiger partial charge in [-0.2, -0.15) is 13.2 Å². The van der Waals surface area contributed by atoms with Gasteiger partial charge in [0.15, 0.2) is 0 Å². The Morgan fingerprint density at radius 3 is 2.37 bits per heavy atom. The molecule has 1 N–H and O–H groups in total. The number of hydrogen-bond donors (Lipinski definition) is 1. The van der Waals surface area contributed by atoms with Gasteiger partial charge >= 0.3 is 6.18 Å². The first kappa shape index (κ1) is 22.1. The fourth-order valence-corrected chi connectivity index (χ4v) is 3.54. The van der Waals surface area contributed by atoms with Gasteiger partial charge in [-0.05, 0) is 49.2 Å². The summed E-state index contributed by atoms with van der Waals surface area (Å²) in [5, 5.41) is 2.90. The molecule has 1 heterocycles. The quantitative estimate of drug-likeness (QED) is 0.720. The second kappa shape index (κ2) is 9.47. The summed E-state index contributed by atoms with van der Waals surface area (Å²) < 4.78 is 51.7. The van der Waals surface area contributed by atoms with E-state index in [-0.39, 0.29) is 17.8 Å². The fourth-order valence-electron chi connectivity index (χ4n) is 3.54. The molecule has 1 saturated heterocycles. The number of anilines is 1. The Kier molecular flexibility index (Phi) is 6.97. The molecular weight excluding hydrogens is 398 g/mol. The molecule has 2 aromatic rings. The lowest BCUT2D eigenvalue weighted by Crippen LogP contribution is -2.54. The summed E-state index contributed by atoms with van der Waals surface area (Å²) in [7, 11) is 0. The molecule has 0 spiro atoms. The molecule has 1 fully saturated rings. The molecule has 1 atom stereocenters. The van der Waals surface area contributed by atoms with Gasteiger partial charge in [-0.3, -0.25) is 9.69 Å². The van der Waals surface area contributed by atoms with Crippen molar-refractivity contribution in [1.29, 1.82) is 0 Å². The van der Waals surface area contributed by atoms with Gasteiger partial charge in [0, 0.05) is 38.4 Å². The average molecular weight is 423 g/mol. The third-order valence-electron chi connectivity index (χ3n) is 5.41. The van der Waals surface area contributed by atoms with Crippen molar-refractivity contribution in [2.24, 2.45) is 0 Å². The van der Waals surface area contributed by atoms with E-state index >= 15 is 0 Å². The van der Waals surface area contributed by atoms with Crippen molar-refractivity contribution in [3.8, 4) is 0 Å². The van der Waals surface area contributed by atoms with Crippen molar-refractivity contribution in [1.82, 2.24) is 10.2 Å². The van der Waals surface area contributed by atoms with E-state index in [1.54, 1.807) is 18.2 Å². The summed E-state index contributed by atoms with van der Waals surface area (Å²) in [6.07, 6.45) is -3.75. The smallest absolute Gasteiger partial charge is 0.369 e. The number of amides is 1. The van der Waals surface area contributed by atoms with Crippen LogP contribution in [-0.2, 0) is 17.4 Å². The van der Waals surface area contributed by atoms with Crippen LogP contribution in [0.3, 0.4) is 0 Å². The lowest BCUT2D eigenvalue weighted by atomic mass is 10.1. The van der Waals surface area contributed by atoms with Crippen LogP contribution in [0, 0.1) is 5.82 Å². The third-order valence-corrected chi connectivity index (χ3v) is 5.41. The van der Waals surface area contributed by atoms with Gasteiger partial charge in [0.05, 0.1) is 11.6 Å². The highest BCUT2D eigenvalue weighted by molar-refractivity contribution is 5.81. The van der Waals surface area contributed by atoms with Crippen LogP contribution in [-0.4, -0.2) is 49.6 Å². The van der Waals surface area contributed by atoms with Gasteiger partial charge in [-0.1, -0.05) is 18.2 Å². The number of nitrogens with one attached hydrogen (secondary N) is 1. The van der Waals surface area contributed by atoms with Crippen LogP contribution in [0.4, 0.5) is 23.2 Å². The molecule has 4 nitrogen and oxygen atoms in total. The molecular formula is C22H25F4N3O. The van der Waals surface area contributed by atoms with Crippen LogP contribution < -0.4 is 10.2 Å². The molecule has 0 aliphatic carbocycles. The van der Waals surface area contributed by atoms with Crippen LogP contribution in [0.25, 0.3) is 0 Å². The standard InChI is InChI=1S/C22H25F4N3O/c1-16(21(30)27-10-9-17-5-7-19(23)8-6-17)28-11-13-29(14-12-28)20-4-2-3-18(15-20)22(24,25)26/h2-8,15-16H,9-14H2,1H3,(H,27,30). The van der Waals surface area contributed by atoms with Crippen molar-refractivity contribution in [3.63, 3.8) is 0 Å². The van der Waals surface area contributed by atoms with E-state index in [1.807, 2.05) is 16.7 Å². The van der Waals surface area contributed by atoms with Crippen LogP contribution in [0.15, 0.2) is 48.5 Å². The van der Waals surface area contributed by atoms with Gasteiger partial charge in [0.25, 0.3) is 0 Å². The minimum Gasteiger partial charge on any atom is -0.369 e. The van der Waals surface area contributed by atoms with Crippen molar-refractivity contribution in [2.45, 2.75) is 25.6 Å². The maximum absolute atomic E-state index is 12.9. The van der Waals surface area contributed by atoms with Gasteiger partial charge in [-0.15, -0.1) is 0 Å². The molecule has 162 valence electrons. The molecule has 2 aromatic carbocycles. The summed E-state index contributed by atoms with van der Waals surface area (Å²) in [6, 6.07) is 11.2. The minimum absolute atomic E-state index is 0.0929. The molecule has 0 bridgehead atoms. The highest BCUT2D eigenvalue weighted by Gasteiger charge is 2.31. The summed E-state index contributed by atoms with van der Waals surface area (Å²) in [4.78, 5) is 16.4. The zero-order valence-corrected chi connectivity index (χ0v) is 16.8. The topological polar surface area (TPSA) is 35.6 Å². The second-order valence-corrected chi connectivity index (χ2v) is 7.41. The highest BCUT2D eigenvalue weighted by Crippen LogP contribution is 2.31. The molecule has 0 aromatic heterocycles. The van der Waals surface area contributed by atoms with E-state index < -0.39 is 11.7 Å². The van der Waals surface area contributed by atoms with Crippen LogP contribution in [0.1, 0.15) is 18.1 Å². The normalized spacial score (nSPS) is 16.4. The summed E-state index contributed by atoms with van der Waals surface area (Å²) in [5.41, 5.74) is 0.830. The summed E-state index contributed by atoms with van der Waals surface area (Å²) in [6.45, 7) is 4.56. The number of carbonyl (C=O) groups is 1. The molecule has 1 amide bonds. The first-order valence-corrected chi connectivity index (χ1v) is 9.92. The van der Waals surface area contributed by atoms with Crippen molar-refractivity contribution in [2.75, 3.05) is 37.6 Å². The highest BCUT2D eigenvalue weighted by atomic mass is 19.4. The van der Waals surface area contributed by atoms with E-state index in [4.69, 9.17) is 0 Å². The van der Waals surface area contributed by atoms with Crippen LogP contribution in [0.2, 0.25) is 0 Å². The van der Waals surface area contributed by atoms with Crippen LogP contribution in [0.5, 0.6) is 0 Å². The number of rotatable bonds is 6. The molecule has 0 saturated carbocycles. The van der Waals surface area contributed by atoms with Gasteiger partial charge < -0.3 is 10.2 Å². The first-order valence-electron chi connectivity index (χ1n) is 9.92. The van der Waals surface area contributed by atoms with E-state index in [0.717, 1.165) is 11.6 Å². The largest absolute Gasteiger partial charge is 0.416 e. The molecule has 30 heavy (non-hydrogen) atoms. The van der Waals surface area contributed by atoms with E-state index in [2.05, 4.69) is 5.32 Å². The van der Waals surface area contributed by atoms with E-state index in [0.29, 0.717) is 44.8 Å². The molecule has 1 unspecified atom stereocenters. The molecule has 1 aliphatic heterocycles. The number of carbonyl (C=O) groups excluding carboxylic acids is 1. The molecule has 8 heteroatoms. The maximum atomic E-state index is 12.9. The van der Waals surface area contributed by atoms with Gasteiger partial charge in [-0.25, -0.2) is 4.39 Å². The number of hydrogen-bond acceptors (Lipinski definition) is 3. The number of benzene rings is 2. The molecule has 0 radical (unpaired) electrons. The maximum Gasteiger partial charge on any atom is 0.416 e. The second-order valence-electron chi connectivity index (χ2n) is 7.41. The fraction of sp³-hybridized carbons (Fsp3) is 0.409. The molecule has 3 rings (SSSR count). The SMILES string of the molecule is CC(C(=O)NCCc1ccc(F)cc1)N1CCN(c2cccc(C(F)(F)F)c2)CC1. The first-order chi connectivity index (χ1) is 14.2. The number of alkyl halides is 3. The average Bonchev–Trinajstić information content (AvgIpc) is 2.74. The zero-order chi connectivity index (χ0) is 21.7. The predicted molar refractivity (Wildman–Crippen MR) is 108 cm³/mol. The number of piperazine rings is 1. The van der Waals surface area contributed by atoms with E-state index in [9.17, 15) is 22.4 Å². The van der Waals surface area contributed by atoms with Crippen molar-refractivity contribution < 1.29 is 22.4 Å². The lowest BCUT2D eigenvalue weighted by molar-refractivity contribution is -0.137. The Labute approximate surface area is 173 Å².